The van der Waals surface area contributed by atoms with Gasteiger partial charge in [-0.3, -0.25) is 4.79 Å². The predicted octanol–water partition coefficient (Wildman–Crippen LogP) is 5.44. The zero-order chi connectivity index (χ0) is 24.1. The molecule has 1 aliphatic rings. The first-order chi connectivity index (χ1) is 16.5. The van der Waals surface area contributed by atoms with E-state index in [1.807, 2.05) is 35.2 Å². The summed E-state index contributed by atoms with van der Waals surface area (Å²) in [7, 11) is 1.69. The molecule has 182 valence electrons. The highest BCUT2D eigenvalue weighted by Crippen LogP contribution is 2.36. The van der Waals surface area contributed by atoms with Crippen LogP contribution in [0.3, 0.4) is 0 Å². The van der Waals surface area contributed by atoms with E-state index in [1.165, 1.54) is 17.3 Å². The van der Waals surface area contributed by atoms with E-state index in [0.717, 1.165) is 55.3 Å². The number of halogens is 1. The molecule has 1 aromatic heterocycles. The van der Waals surface area contributed by atoms with Gasteiger partial charge in [-0.2, -0.15) is 0 Å². The van der Waals surface area contributed by atoms with E-state index in [0.29, 0.717) is 31.6 Å². The van der Waals surface area contributed by atoms with E-state index < -0.39 is 0 Å². The summed E-state index contributed by atoms with van der Waals surface area (Å²) in [6.45, 7) is 4.94. The molecular formula is C28H36FN3O2. The van der Waals surface area contributed by atoms with Crippen molar-refractivity contribution in [1.29, 1.82) is 0 Å². The van der Waals surface area contributed by atoms with Crippen molar-refractivity contribution < 1.29 is 13.9 Å². The van der Waals surface area contributed by atoms with Crippen molar-refractivity contribution >= 4 is 22.5 Å². The first-order valence-corrected chi connectivity index (χ1v) is 12.4. The summed E-state index contributed by atoms with van der Waals surface area (Å²) < 4.78 is 22.3. The summed E-state index contributed by atoms with van der Waals surface area (Å²) in [5, 5.41) is 0.972. The number of ether oxygens (including phenoxy) is 1. The standard InChI is InChI=1S/C28H36FN3O2/c1-20-24-9-4-10-25(29)28(24)32(17-6-18-34-2)27(20)22-8-5-16-31(19-22)26(33)11-3-7-21-12-14-23(30)15-13-21/h4,9-10,12-15,22H,3,5-8,11,16-19,30H2,1-2H3. The molecule has 1 aliphatic heterocycles. The van der Waals surface area contributed by atoms with E-state index in [1.54, 1.807) is 13.2 Å². The zero-order valence-corrected chi connectivity index (χ0v) is 20.4. The number of anilines is 1. The average molecular weight is 466 g/mol. The number of rotatable bonds is 9. The number of nitrogens with two attached hydrogens (primary N) is 1. The molecule has 1 amide bonds. The molecule has 0 spiro atoms. The molecule has 0 radical (unpaired) electrons. The van der Waals surface area contributed by atoms with Gasteiger partial charge in [0.25, 0.3) is 0 Å². The lowest BCUT2D eigenvalue weighted by Gasteiger charge is -2.34. The van der Waals surface area contributed by atoms with Gasteiger partial charge in [0.1, 0.15) is 5.82 Å². The number of fused-ring (bicyclic) bond motifs is 1. The topological polar surface area (TPSA) is 60.5 Å². The highest BCUT2D eigenvalue weighted by Gasteiger charge is 2.29. The van der Waals surface area contributed by atoms with Crippen LogP contribution in [-0.2, 0) is 22.5 Å². The third-order valence-electron chi connectivity index (χ3n) is 7.06. The van der Waals surface area contributed by atoms with Crippen LogP contribution in [0.1, 0.15) is 54.8 Å². The van der Waals surface area contributed by atoms with Gasteiger partial charge in [0.05, 0.1) is 5.52 Å². The van der Waals surface area contributed by atoms with E-state index in [4.69, 9.17) is 10.5 Å². The number of hydrogen-bond acceptors (Lipinski definition) is 3. The number of carbonyl (C=O) groups is 1. The molecule has 34 heavy (non-hydrogen) atoms. The lowest BCUT2D eigenvalue weighted by Crippen LogP contribution is -2.39. The summed E-state index contributed by atoms with van der Waals surface area (Å²) in [4.78, 5) is 15.1. The Morgan fingerprint density at radius 3 is 2.74 bits per heavy atom. The number of aryl methyl sites for hydroxylation is 3. The highest BCUT2D eigenvalue weighted by molar-refractivity contribution is 5.86. The second-order valence-corrected chi connectivity index (χ2v) is 9.42. The Labute approximate surface area is 201 Å². The maximum Gasteiger partial charge on any atom is 0.222 e. The molecule has 0 bridgehead atoms. The van der Waals surface area contributed by atoms with Gasteiger partial charge in [0, 0.05) is 62.5 Å². The van der Waals surface area contributed by atoms with Crippen molar-refractivity contribution in [1.82, 2.24) is 9.47 Å². The fourth-order valence-electron chi connectivity index (χ4n) is 5.39. The van der Waals surface area contributed by atoms with Gasteiger partial charge in [0.15, 0.2) is 0 Å². The fourth-order valence-corrected chi connectivity index (χ4v) is 5.39. The summed E-state index contributed by atoms with van der Waals surface area (Å²) in [5.74, 6) is 0.242. The molecule has 1 saturated heterocycles. The number of para-hydroxylation sites is 1. The lowest BCUT2D eigenvalue weighted by molar-refractivity contribution is -0.132. The smallest absolute Gasteiger partial charge is 0.222 e. The largest absolute Gasteiger partial charge is 0.399 e. The van der Waals surface area contributed by atoms with Crippen LogP contribution < -0.4 is 5.73 Å². The SMILES string of the molecule is COCCCn1c(C2CCCN(C(=O)CCCc3ccc(N)cc3)C2)c(C)c2cccc(F)c21. The summed E-state index contributed by atoms with van der Waals surface area (Å²) in [6.07, 6.45) is 5.04. The molecule has 2 aromatic carbocycles. The maximum atomic E-state index is 14.9. The molecule has 3 aromatic rings. The molecule has 1 atom stereocenters. The fraction of sp³-hybridized carbons (Fsp3) is 0.464. The Hall–Kier alpha value is -2.86. The number of hydrogen-bond donors (Lipinski definition) is 1. The van der Waals surface area contributed by atoms with Crippen LogP contribution in [0.25, 0.3) is 10.9 Å². The second-order valence-electron chi connectivity index (χ2n) is 9.42. The minimum Gasteiger partial charge on any atom is -0.399 e. The normalized spacial score (nSPS) is 16.3. The van der Waals surface area contributed by atoms with Crippen LogP contribution in [0.5, 0.6) is 0 Å². The Bertz CT molecular complexity index is 1120. The molecule has 1 fully saturated rings. The number of benzene rings is 2. The zero-order valence-electron chi connectivity index (χ0n) is 20.4. The van der Waals surface area contributed by atoms with E-state index >= 15 is 0 Å². The number of aromatic nitrogens is 1. The van der Waals surface area contributed by atoms with Gasteiger partial charge in [-0.1, -0.05) is 24.3 Å². The van der Waals surface area contributed by atoms with Gasteiger partial charge < -0.3 is 19.9 Å². The monoisotopic (exact) mass is 465 g/mol. The Kier molecular flexibility index (Phi) is 7.88. The number of amides is 1. The van der Waals surface area contributed by atoms with Crippen LogP contribution in [-0.4, -0.2) is 42.2 Å². The second kappa shape index (κ2) is 11.0. The third-order valence-corrected chi connectivity index (χ3v) is 7.06. The van der Waals surface area contributed by atoms with Crippen LogP contribution in [0.2, 0.25) is 0 Å². The quantitative estimate of drug-likeness (QED) is 0.338. The minimum atomic E-state index is -0.185. The number of nitrogen functional groups attached to an aromatic ring is 1. The Morgan fingerprint density at radius 1 is 1.18 bits per heavy atom. The molecule has 1 unspecified atom stereocenters. The van der Waals surface area contributed by atoms with Gasteiger partial charge in [-0.25, -0.2) is 4.39 Å². The number of likely N-dealkylation sites (tertiary alicyclic amines) is 1. The molecule has 2 heterocycles. The molecule has 5 nitrogen and oxygen atoms in total. The van der Waals surface area contributed by atoms with Gasteiger partial charge in [0.2, 0.25) is 5.91 Å². The van der Waals surface area contributed by atoms with Crippen molar-refractivity contribution in [2.75, 3.05) is 32.5 Å². The van der Waals surface area contributed by atoms with Crippen LogP contribution in [0.15, 0.2) is 42.5 Å². The first kappa shape index (κ1) is 24.3. The minimum absolute atomic E-state index is 0.185. The van der Waals surface area contributed by atoms with Crippen molar-refractivity contribution in [3.8, 4) is 0 Å². The number of carbonyl (C=O) groups excluding carboxylic acids is 1. The molecule has 6 heteroatoms. The van der Waals surface area contributed by atoms with Crippen molar-refractivity contribution in [3.63, 3.8) is 0 Å². The van der Waals surface area contributed by atoms with E-state index in [-0.39, 0.29) is 17.6 Å². The van der Waals surface area contributed by atoms with Crippen LogP contribution in [0, 0.1) is 12.7 Å². The number of piperidine rings is 1. The van der Waals surface area contributed by atoms with Crippen LogP contribution >= 0.6 is 0 Å². The summed E-state index contributed by atoms with van der Waals surface area (Å²) in [6, 6.07) is 13.2. The summed E-state index contributed by atoms with van der Waals surface area (Å²) >= 11 is 0. The van der Waals surface area contributed by atoms with Crippen LogP contribution in [0.4, 0.5) is 10.1 Å². The number of nitrogens with zero attached hydrogens (tertiary/aromatic N) is 2. The Morgan fingerprint density at radius 2 is 1.97 bits per heavy atom. The first-order valence-electron chi connectivity index (χ1n) is 12.4. The van der Waals surface area contributed by atoms with E-state index in [9.17, 15) is 9.18 Å². The number of methoxy groups -OCH3 is 1. The van der Waals surface area contributed by atoms with Gasteiger partial charge in [-0.05, 0) is 68.4 Å². The highest BCUT2D eigenvalue weighted by atomic mass is 19.1. The average Bonchev–Trinajstić information content (AvgIpc) is 3.13. The molecule has 0 saturated carbocycles. The van der Waals surface area contributed by atoms with E-state index in [2.05, 4.69) is 11.5 Å². The van der Waals surface area contributed by atoms with Gasteiger partial charge >= 0.3 is 0 Å². The van der Waals surface area contributed by atoms with Crippen molar-refractivity contribution in [3.05, 3.63) is 65.1 Å². The lowest BCUT2D eigenvalue weighted by atomic mass is 9.91. The van der Waals surface area contributed by atoms with Crippen molar-refractivity contribution in [2.24, 2.45) is 0 Å². The summed E-state index contributed by atoms with van der Waals surface area (Å²) in [5.41, 5.74) is 10.7. The molecule has 4 rings (SSSR count). The van der Waals surface area contributed by atoms with Crippen molar-refractivity contribution in [2.45, 2.75) is 57.9 Å². The predicted molar refractivity (Wildman–Crippen MR) is 135 cm³/mol. The molecule has 0 aliphatic carbocycles. The molecular weight excluding hydrogens is 429 g/mol. The maximum absolute atomic E-state index is 14.9. The third kappa shape index (κ3) is 5.27. The Balaban J connectivity index is 1.48. The van der Waals surface area contributed by atoms with Gasteiger partial charge in [-0.15, -0.1) is 0 Å². The molecule has 2 N–H and O–H groups in total.